The van der Waals surface area contributed by atoms with Crippen LogP contribution in [0.4, 0.5) is 10.1 Å². The minimum absolute atomic E-state index is 0.0260. The van der Waals surface area contributed by atoms with E-state index in [2.05, 4.69) is 5.32 Å². The van der Waals surface area contributed by atoms with Crippen LogP contribution in [0.25, 0.3) is 0 Å². The lowest BCUT2D eigenvalue weighted by molar-refractivity contribution is 0.0996. The van der Waals surface area contributed by atoms with Gasteiger partial charge in [-0.2, -0.15) is 0 Å². The molecular weight excluding hydrogens is 267 g/mol. The van der Waals surface area contributed by atoms with Crippen LogP contribution in [0.1, 0.15) is 42.5 Å². The van der Waals surface area contributed by atoms with E-state index in [4.69, 9.17) is 5.73 Å². The summed E-state index contributed by atoms with van der Waals surface area (Å²) in [5.41, 5.74) is 6.01. The quantitative estimate of drug-likeness (QED) is 0.897. The molecule has 0 radical (unpaired) electrons. The van der Waals surface area contributed by atoms with E-state index in [0.717, 1.165) is 29.4 Å². The molecule has 3 fully saturated rings. The number of carbonyl (C=O) groups is 1. The summed E-state index contributed by atoms with van der Waals surface area (Å²) in [4.78, 5) is 11.2. The van der Waals surface area contributed by atoms with E-state index in [1.54, 1.807) is 12.1 Å². The number of nitrogens with one attached hydrogen (secondary N) is 1. The summed E-state index contributed by atoms with van der Waals surface area (Å²) in [6, 6.07) is 5.06. The number of rotatable bonds is 3. The number of fused-ring (bicyclic) bond motifs is 5. The van der Waals surface area contributed by atoms with Crippen molar-refractivity contribution >= 4 is 11.6 Å². The maximum absolute atomic E-state index is 13.5. The third-order valence-electron chi connectivity index (χ3n) is 6.01. The SMILES string of the molecule is NC(=O)c1cc(NC2CC3CC2C2CCCC32)ccc1F. The normalized spacial score (nSPS) is 36.7. The summed E-state index contributed by atoms with van der Waals surface area (Å²) in [6.07, 6.45) is 6.74. The van der Waals surface area contributed by atoms with Crippen LogP contribution in [-0.2, 0) is 0 Å². The summed E-state index contributed by atoms with van der Waals surface area (Å²) in [5.74, 6) is 2.22. The summed E-state index contributed by atoms with van der Waals surface area (Å²) < 4.78 is 13.5. The Morgan fingerprint density at radius 2 is 2.00 bits per heavy atom. The molecule has 5 atom stereocenters. The van der Waals surface area contributed by atoms with Gasteiger partial charge in [-0.1, -0.05) is 6.42 Å². The zero-order valence-corrected chi connectivity index (χ0v) is 12.0. The molecule has 1 amide bonds. The van der Waals surface area contributed by atoms with E-state index in [9.17, 15) is 9.18 Å². The van der Waals surface area contributed by atoms with Gasteiger partial charge in [-0.3, -0.25) is 4.79 Å². The third kappa shape index (κ3) is 2.03. The number of hydrogen-bond acceptors (Lipinski definition) is 2. The fraction of sp³-hybridized carbons (Fsp3) is 0.588. The fourth-order valence-electron chi connectivity index (χ4n) is 5.25. The summed E-state index contributed by atoms with van der Waals surface area (Å²) in [7, 11) is 0. The Labute approximate surface area is 124 Å². The van der Waals surface area contributed by atoms with Crippen molar-refractivity contribution in [2.45, 2.75) is 38.1 Å². The smallest absolute Gasteiger partial charge is 0.251 e. The Balaban J connectivity index is 1.52. The largest absolute Gasteiger partial charge is 0.382 e. The molecule has 3 saturated carbocycles. The number of hydrogen-bond donors (Lipinski definition) is 2. The van der Waals surface area contributed by atoms with Gasteiger partial charge in [0.1, 0.15) is 5.82 Å². The second-order valence-electron chi connectivity index (χ2n) is 6.96. The lowest BCUT2D eigenvalue weighted by Crippen LogP contribution is -2.34. The molecule has 3 nitrogen and oxygen atoms in total. The molecule has 3 aliphatic carbocycles. The van der Waals surface area contributed by atoms with Crippen molar-refractivity contribution in [3.8, 4) is 0 Å². The average molecular weight is 288 g/mol. The van der Waals surface area contributed by atoms with Crippen LogP contribution in [0.15, 0.2) is 18.2 Å². The lowest BCUT2D eigenvalue weighted by atomic mass is 9.79. The third-order valence-corrected chi connectivity index (χ3v) is 6.01. The number of amides is 1. The molecule has 4 rings (SSSR count). The van der Waals surface area contributed by atoms with Crippen molar-refractivity contribution in [2.75, 3.05) is 5.32 Å². The minimum atomic E-state index is -0.708. The van der Waals surface area contributed by atoms with Gasteiger partial charge in [0.15, 0.2) is 0 Å². The van der Waals surface area contributed by atoms with E-state index in [-0.39, 0.29) is 5.56 Å². The molecule has 3 N–H and O–H groups in total. The second kappa shape index (κ2) is 4.72. The van der Waals surface area contributed by atoms with Crippen LogP contribution in [0.5, 0.6) is 0 Å². The topological polar surface area (TPSA) is 55.1 Å². The first-order valence-electron chi connectivity index (χ1n) is 7.99. The second-order valence-corrected chi connectivity index (χ2v) is 6.96. The first kappa shape index (κ1) is 13.1. The Morgan fingerprint density at radius 1 is 1.19 bits per heavy atom. The van der Waals surface area contributed by atoms with Gasteiger partial charge < -0.3 is 11.1 Å². The Bertz CT molecular complexity index is 588. The molecule has 0 spiro atoms. The molecule has 3 aliphatic rings. The zero-order valence-electron chi connectivity index (χ0n) is 12.0. The van der Waals surface area contributed by atoms with Gasteiger partial charge in [0.25, 0.3) is 5.91 Å². The van der Waals surface area contributed by atoms with Crippen molar-refractivity contribution in [2.24, 2.45) is 29.4 Å². The molecule has 0 heterocycles. The van der Waals surface area contributed by atoms with Gasteiger partial charge in [-0.15, -0.1) is 0 Å². The predicted octanol–water partition coefficient (Wildman–Crippen LogP) is 3.16. The summed E-state index contributed by atoms with van der Waals surface area (Å²) >= 11 is 0. The lowest BCUT2D eigenvalue weighted by Gasteiger charge is -2.32. The van der Waals surface area contributed by atoms with Gasteiger partial charge in [0.05, 0.1) is 5.56 Å². The van der Waals surface area contributed by atoms with Crippen LogP contribution in [-0.4, -0.2) is 11.9 Å². The van der Waals surface area contributed by atoms with Crippen LogP contribution in [0.3, 0.4) is 0 Å². The fourth-order valence-corrected chi connectivity index (χ4v) is 5.25. The minimum Gasteiger partial charge on any atom is -0.382 e. The molecule has 21 heavy (non-hydrogen) atoms. The maximum atomic E-state index is 13.5. The van der Waals surface area contributed by atoms with Crippen molar-refractivity contribution in [1.82, 2.24) is 0 Å². The van der Waals surface area contributed by atoms with E-state index in [1.165, 1.54) is 38.2 Å². The molecule has 0 aliphatic heterocycles. The van der Waals surface area contributed by atoms with E-state index in [0.29, 0.717) is 6.04 Å². The summed E-state index contributed by atoms with van der Waals surface area (Å²) in [6.45, 7) is 0. The summed E-state index contributed by atoms with van der Waals surface area (Å²) in [5, 5.41) is 3.53. The Kier molecular flexibility index (Phi) is 2.95. The van der Waals surface area contributed by atoms with Crippen LogP contribution >= 0.6 is 0 Å². The zero-order chi connectivity index (χ0) is 14.6. The molecule has 0 saturated heterocycles. The number of anilines is 1. The highest BCUT2D eigenvalue weighted by Crippen LogP contribution is 2.59. The molecule has 0 aromatic heterocycles. The van der Waals surface area contributed by atoms with E-state index >= 15 is 0 Å². The molecule has 1 aromatic carbocycles. The molecular formula is C17H21FN2O. The number of halogens is 1. The number of benzene rings is 1. The van der Waals surface area contributed by atoms with Gasteiger partial charge in [0.2, 0.25) is 0 Å². The molecule has 112 valence electrons. The van der Waals surface area contributed by atoms with Crippen LogP contribution < -0.4 is 11.1 Å². The van der Waals surface area contributed by atoms with Gasteiger partial charge in [0, 0.05) is 11.7 Å². The number of carbonyl (C=O) groups excluding carboxylic acids is 1. The van der Waals surface area contributed by atoms with Crippen LogP contribution in [0.2, 0.25) is 0 Å². The van der Waals surface area contributed by atoms with Crippen LogP contribution in [0, 0.1) is 29.5 Å². The van der Waals surface area contributed by atoms with Crippen molar-refractivity contribution in [3.63, 3.8) is 0 Å². The molecule has 1 aromatic rings. The monoisotopic (exact) mass is 288 g/mol. The highest BCUT2D eigenvalue weighted by molar-refractivity contribution is 5.94. The van der Waals surface area contributed by atoms with Crippen molar-refractivity contribution < 1.29 is 9.18 Å². The average Bonchev–Trinajstić information content (AvgIpc) is 3.12. The first-order valence-corrected chi connectivity index (χ1v) is 7.99. The maximum Gasteiger partial charge on any atom is 0.251 e. The number of primary amides is 1. The van der Waals surface area contributed by atoms with Crippen molar-refractivity contribution in [1.29, 1.82) is 0 Å². The highest BCUT2D eigenvalue weighted by atomic mass is 19.1. The van der Waals surface area contributed by atoms with E-state index in [1.807, 2.05) is 0 Å². The standard InChI is InChI=1S/C17H21FN2O/c18-15-5-4-10(8-14(15)17(19)21)20-16-7-9-6-13(16)12-3-1-2-11(9)12/h4-5,8-9,11-13,16,20H,1-3,6-7H2,(H2,19,21). The highest BCUT2D eigenvalue weighted by Gasteiger charge is 2.53. The Hall–Kier alpha value is -1.58. The first-order chi connectivity index (χ1) is 10.1. The van der Waals surface area contributed by atoms with Gasteiger partial charge >= 0.3 is 0 Å². The van der Waals surface area contributed by atoms with Gasteiger partial charge in [-0.05, 0) is 67.6 Å². The molecule has 4 heteroatoms. The van der Waals surface area contributed by atoms with Crippen molar-refractivity contribution in [3.05, 3.63) is 29.6 Å². The van der Waals surface area contributed by atoms with Gasteiger partial charge in [-0.25, -0.2) is 4.39 Å². The Morgan fingerprint density at radius 3 is 2.81 bits per heavy atom. The molecule has 5 unspecified atom stereocenters. The predicted molar refractivity (Wildman–Crippen MR) is 79.4 cm³/mol. The van der Waals surface area contributed by atoms with E-state index < -0.39 is 11.7 Å². The molecule has 2 bridgehead atoms. The number of nitrogens with two attached hydrogens (primary N) is 1.